The molecule has 0 aromatic heterocycles. The summed E-state index contributed by atoms with van der Waals surface area (Å²) in [5.74, 6) is -1.67. The third kappa shape index (κ3) is 2.91. The summed E-state index contributed by atoms with van der Waals surface area (Å²) in [6.45, 7) is 2.46. The molecule has 0 bridgehead atoms. The van der Waals surface area contributed by atoms with E-state index in [-0.39, 0.29) is 17.5 Å². The first-order chi connectivity index (χ1) is 8.99. The molecule has 102 valence electrons. The zero-order valence-corrected chi connectivity index (χ0v) is 10.6. The second-order valence-electron chi connectivity index (χ2n) is 4.63. The standard InChI is InChI=1S/C13H16N2O4/c1-7-2-3-8(13(17)18)4-11(7)15-12(16)9-5-19-6-10(9)14/h2-4,9-10H,5-6,14H2,1H3,(H,15,16)(H,17,18). The van der Waals surface area contributed by atoms with Crippen LogP contribution >= 0.6 is 0 Å². The Morgan fingerprint density at radius 1 is 1.42 bits per heavy atom. The highest BCUT2D eigenvalue weighted by Gasteiger charge is 2.31. The maximum absolute atomic E-state index is 12.0. The van der Waals surface area contributed by atoms with Crippen LogP contribution in [0.5, 0.6) is 0 Å². The van der Waals surface area contributed by atoms with Crippen LogP contribution in [0.4, 0.5) is 5.69 Å². The number of hydrogen-bond donors (Lipinski definition) is 3. The van der Waals surface area contributed by atoms with Crippen LogP contribution in [0.15, 0.2) is 18.2 Å². The number of aryl methyl sites for hydroxylation is 1. The van der Waals surface area contributed by atoms with Crippen molar-refractivity contribution in [2.24, 2.45) is 11.7 Å². The van der Waals surface area contributed by atoms with Crippen LogP contribution in [0, 0.1) is 12.8 Å². The zero-order chi connectivity index (χ0) is 14.0. The van der Waals surface area contributed by atoms with E-state index < -0.39 is 11.9 Å². The number of nitrogens with one attached hydrogen (secondary N) is 1. The first-order valence-corrected chi connectivity index (χ1v) is 5.97. The van der Waals surface area contributed by atoms with E-state index in [1.165, 1.54) is 12.1 Å². The molecule has 0 saturated carbocycles. The molecule has 1 aliphatic heterocycles. The van der Waals surface area contributed by atoms with Crippen molar-refractivity contribution in [1.82, 2.24) is 0 Å². The van der Waals surface area contributed by atoms with Crippen LogP contribution in [-0.2, 0) is 9.53 Å². The van der Waals surface area contributed by atoms with E-state index in [9.17, 15) is 9.59 Å². The van der Waals surface area contributed by atoms with Crippen LogP contribution in [0.25, 0.3) is 0 Å². The quantitative estimate of drug-likeness (QED) is 0.742. The van der Waals surface area contributed by atoms with Crippen molar-refractivity contribution in [3.8, 4) is 0 Å². The minimum atomic E-state index is -1.03. The summed E-state index contributed by atoms with van der Waals surface area (Å²) in [5, 5.41) is 11.7. The van der Waals surface area contributed by atoms with Gasteiger partial charge in [-0.1, -0.05) is 6.07 Å². The summed E-state index contributed by atoms with van der Waals surface area (Å²) in [7, 11) is 0. The number of hydrogen-bond acceptors (Lipinski definition) is 4. The Morgan fingerprint density at radius 2 is 2.16 bits per heavy atom. The minimum Gasteiger partial charge on any atom is -0.478 e. The van der Waals surface area contributed by atoms with E-state index in [2.05, 4.69) is 5.32 Å². The van der Waals surface area contributed by atoms with Crippen LogP contribution in [0.2, 0.25) is 0 Å². The summed E-state index contributed by atoms with van der Waals surface area (Å²) in [4.78, 5) is 22.9. The molecule has 1 heterocycles. The van der Waals surface area contributed by atoms with Gasteiger partial charge in [0.1, 0.15) is 0 Å². The second-order valence-corrected chi connectivity index (χ2v) is 4.63. The average molecular weight is 264 g/mol. The summed E-state index contributed by atoms with van der Waals surface area (Å²) >= 11 is 0. The van der Waals surface area contributed by atoms with E-state index >= 15 is 0 Å². The largest absolute Gasteiger partial charge is 0.478 e. The van der Waals surface area contributed by atoms with Crippen molar-refractivity contribution < 1.29 is 19.4 Å². The highest BCUT2D eigenvalue weighted by Crippen LogP contribution is 2.20. The average Bonchev–Trinajstić information content (AvgIpc) is 2.78. The molecule has 19 heavy (non-hydrogen) atoms. The first-order valence-electron chi connectivity index (χ1n) is 5.97. The Bertz CT molecular complexity index is 515. The third-order valence-corrected chi connectivity index (χ3v) is 3.20. The number of benzene rings is 1. The Balaban J connectivity index is 2.16. The number of nitrogens with two attached hydrogens (primary N) is 1. The van der Waals surface area contributed by atoms with Crippen molar-refractivity contribution in [3.63, 3.8) is 0 Å². The molecular weight excluding hydrogens is 248 g/mol. The fourth-order valence-corrected chi connectivity index (χ4v) is 1.96. The van der Waals surface area contributed by atoms with Gasteiger partial charge in [0.05, 0.1) is 24.7 Å². The van der Waals surface area contributed by atoms with Gasteiger partial charge in [-0.05, 0) is 24.6 Å². The lowest BCUT2D eigenvalue weighted by molar-refractivity contribution is -0.120. The Morgan fingerprint density at radius 3 is 2.74 bits per heavy atom. The van der Waals surface area contributed by atoms with Crippen LogP contribution < -0.4 is 11.1 Å². The van der Waals surface area contributed by atoms with Crippen molar-refractivity contribution >= 4 is 17.6 Å². The molecule has 1 amide bonds. The van der Waals surface area contributed by atoms with E-state index in [4.69, 9.17) is 15.6 Å². The predicted octanol–water partition coefficient (Wildman–Crippen LogP) is 0.605. The van der Waals surface area contributed by atoms with Crippen LogP contribution in [-0.4, -0.2) is 36.2 Å². The summed E-state index contributed by atoms with van der Waals surface area (Å²) in [6, 6.07) is 4.28. The van der Waals surface area contributed by atoms with Crippen molar-refractivity contribution in [1.29, 1.82) is 0 Å². The molecule has 1 fully saturated rings. The third-order valence-electron chi connectivity index (χ3n) is 3.20. The van der Waals surface area contributed by atoms with E-state index in [0.29, 0.717) is 18.9 Å². The predicted molar refractivity (Wildman–Crippen MR) is 69.1 cm³/mol. The Hall–Kier alpha value is -1.92. The number of ether oxygens (including phenoxy) is 1. The summed E-state index contributed by atoms with van der Waals surface area (Å²) < 4.78 is 5.14. The highest BCUT2D eigenvalue weighted by atomic mass is 16.5. The van der Waals surface area contributed by atoms with Gasteiger partial charge < -0.3 is 20.9 Å². The van der Waals surface area contributed by atoms with Gasteiger partial charge in [0.15, 0.2) is 0 Å². The molecule has 1 saturated heterocycles. The fraction of sp³-hybridized carbons (Fsp3) is 0.385. The number of carbonyl (C=O) groups excluding carboxylic acids is 1. The monoisotopic (exact) mass is 264 g/mol. The van der Waals surface area contributed by atoms with Crippen molar-refractivity contribution in [2.45, 2.75) is 13.0 Å². The lowest BCUT2D eigenvalue weighted by Gasteiger charge is -2.15. The molecule has 0 spiro atoms. The summed E-state index contributed by atoms with van der Waals surface area (Å²) in [5.41, 5.74) is 7.19. The molecular formula is C13H16N2O4. The van der Waals surface area contributed by atoms with Gasteiger partial charge in [0.25, 0.3) is 0 Å². The molecule has 2 rings (SSSR count). The lowest BCUT2D eigenvalue weighted by atomic mass is 10.0. The maximum Gasteiger partial charge on any atom is 0.335 e. The van der Waals surface area contributed by atoms with Crippen molar-refractivity contribution in [3.05, 3.63) is 29.3 Å². The molecule has 2 unspecified atom stereocenters. The van der Waals surface area contributed by atoms with Gasteiger partial charge >= 0.3 is 5.97 Å². The molecule has 1 aromatic rings. The van der Waals surface area contributed by atoms with E-state index in [1.54, 1.807) is 13.0 Å². The van der Waals surface area contributed by atoms with Gasteiger partial charge in [-0.15, -0.1) is 0 Å². The second kappa shape index (κ2) is 5.38. The normalized spacial score (nSPS) is 22.2. The van der Waals surface area contributed by atoms with Gasteiger partial charge in [0.2, 0.25) is 5.91 Å². The smallest absolute Gasteiger partial charge is 0.335 e. The number of carboxylic acids is 1. The summed E-state index contributed by atoms with van der Waals surface area (Å²) in [6.07, 6.45) is 0. The van der Waals surface area contributed by atoms with Gasteiger partial charge in [-0.3, -0.25) is 4.79 Å². The number of aromatic carboxylic acids is 1. The number of rotatable bonds is 3. The van der Waals surface area contributed by atoms with Crippen LogP contribution in [0.3, 0.4) is 0 Å². The Kier molecular flexibility index (Phi) is 3.82. The molecule has 1 aliphatic rings. The Labute approximate surface area is 110 Å². The number of carbonyl (C=O) groups is 2. The number of amides is 1. The van der Waals surface area contributed by atoms with Gasteiger partial charge in [-0.25, -0.2) is 4.79 Å². The van der Waals surface area contributed by atoms with Gasteiger partial charge in [-0.2, -0.15) is 0 Å². The SMILES string of the molecule is Cc1ccc(C(=O)O)cc1NC(=O)C1COCC1N. The van der Waals surface area contributed by atoms with E-state index in [1.807, 2.05) is 0 Å². The topological polar surface area (TPSA) is 102 Å². The fourth-order valence-electron chi connectivity index (χ4n) is 1.96. The maximum atomic E-state index is 12.0. The number of anilines is 1. The number of carboxylic acid groups (broad SMARTS) is 1. The van der Waals surface area contributed by atoms with Gasteiger partial charge in [0, 0.05) is 11.7 Å². The molecule has 0 radical (unpaired) electrons. The van der Waals surface area contributed by atoms with E-state index in [0.717, 1.165) is 5.56 Å². The van der Waals surface area contributed by atoms with Crippen LogP contribution in [0.1, 0.15) is 15.9 Å². The minimum absolute atomic E-state index is 0.132. The first kappa shape index (κ1) is 13.5. The molecule has 4 N–H and O–H groups in total. The highest BCUT2D eigenvalue weighted by molar-refractivity contribution is 5.96. The molecule has 6 nitrogen and oxygen atoms in total. The zero-order valence-electron chi connectivity index (χ0n) is 10.6. The lowest BCUT2D eigenvalue weighted by Crippen LogP contribution is -2.37. The molecule has 2 atom stereocenters. The van der Waals surface area contributed by atoms with Crippen molar-refractivity contribution in [2.75, 3.05) is 18.5 Å². The molecule has 1 aromatic carbocycles. The molecule has 0 aliphatic carbocycles. The molecule has 6 heteroatoms.